The van der Waals surface area contributed by atoms with Crippen molar-refractivity contribution in [3.05, 3.63) is 34.9 Å². The number of carbonyl (C=O) groups excluding carboxylic acids is 1. The molecule has 0 aromatic heterocycles. The average molecular weight is 271 g/mol. The number of ether oxygens (including phenoxy) is 1. The maximum absolute atomic E-state index is 11.3. The molecule has 0 amide bonds. The van der Waals surface area contributed by atoms with Crippen LogP contribution in [0.2, 0.25) is 0 Å². The van der Waals surface area contributed by atoms with E-state index in [9.17, 15) is 4.79 Å². The van der Waals surface area contributed by atoms with E-state index in [2.05, 4.69) is 27.6 Å². The SMILES string of the molecule is COC(=O)c1ccc(C)c(CCCBr)c1. The van der Waals surface area contributed by atoms with E-state index in [-0.39, 0.29) is 5.97 Å². The van der Waals surface area contributed by atoms with Crippen molar-refractivity contribution in [1.29, 1.82) is 0 Å². The number of hydrogen-bond donors (Lipinski definition) is 0. The van der Waals surface area contributed by atoms with Crippen molar-refractivity contribution in [2.24, 2.45) is 0 Å². The number of hydrogen-bond acceptors (Lipinski definition) is 2. The molecular weight excluding hydrogens is 256 g/mol. The number of carbonyl (C=O) groups is 1. The topological polar surface area (TPSA) is 26.3 Å². The van der Waals surface area contributed by atoms with Crippen molar-refractivity contribution in [1.82, 2.24) is 0 Å². The van der Waals surface area contributed by atoms with Gasteiger partial charge >= 0.3 is 5.97 Å². The molecule has 0 spiro atoms. The molecule has 1 aromatic carbocycles. The van der Waals surface area contributed by atoms with Gasteiger partial charge in [0.1, 0.15) is 0 Å². The van der Waals surface area contributed by atoms with Gasteiger partial charge in [-0.05, 0) is 43.0 Å². The molecule has 0 radical (unpaired) electrons. The first kappa shape index (κ1) is 12.2. The third kappa shape index (κ3) is 3.34. The van der Waals surface area contributed by atoms with Gasteiger partial charge in [-0.2, -0.15) is 0 Å². The Kier molecular flexibility index (Phi) is 4.82. The van der Waals surface area contributed by atoms with Gasteiger partial charge in [0.05, 0.1) is 12.7 Å². The summed E-state index contributed by atoms with van der Waals surface area (Å²) in [7, 11) is 1.40. The zero-order chi connectivity index (χ0) is 11.3. The third-order valence-corrected chi connectivity index (χ3v) is 2.91. The number of aryl methyl sites for hydroxylation is 2. The van der Waals surface area contributed by atoms with Crippen LogP contribution in [-0.4, -0.2) is 18.4 Å². The van der Waals surface area contributed by atoms with Crippen molar-refractivity contribution < 1.29 is 9.53 Å². The van der Waals surface area contributed by atoms with Crippen molar-refractivity contribution >= 4 is 21.9 Å². The van der Waals surface area contributed by atoms with Crippen LogP contribution in [0.15, 0.2) is 18.2 Å². The van der Waals surface area contributed by atoms with Crippen molar-refractivity contribution in [2.45, 2.75) is 19.8 Å². The minimum Gasteiger partial charge on any atom is -0.465 e. The molecule has 0 atom stereocenters. The third-order valence-electron chi connectivity index (χ3n) is 2.35. The highest BCUT2D eigenvalue weighted by molar-refractivity contribution is 9.09. The molecule has 1 rings (SSSR count). The second-order valence-corrected chi connectivity index (χ2v) is 4.22. The van der Waals surface area contributed by atoms with E-state index < -0.39 is 0 Å². The van der Waals surface area contributed by atoms with Gasteiger partial charge in [-0.15, -0.1) is 0 Å². The molecule has 1 aromatic rings. The molecule has 82 valence electrons. The van der Waals surface area contributed by atoms with Gasteiger partial charge < -0.3 is 4.74 Å². The van der Waals surface area contributed by atoms with Crippen molar-refractivity contribution in [2.75, 3.05) is 12.4 Å². The monoisotopic (exact) mass is 270 g/mol. The lowest BCUT2D eigenvalue weighted by molar-refractivity contribution is 0.0600. The Morgan fingerprint density at radius 3 is 2.80 bits per heavy atom. The number of rotatable bonds is 4. The fourth-order valence-corrected chi connectivity index (χ4v) is 1.72. The van der Waals surface area contributed by atoms with Crippen LogP contribution in [0.5, 0.6) is 0 Å². The van der Waals surface area contributed by atoms with E-state index in [1.165, 1.54) is 18.2 Å². The molecule has 0 saturated heterocycles. The van der Waals surface area contributed by atoms with Gasteiger partial charge in [-0.1, -0.05) is 22.0 Å². The first-order chi connectivity index (χ1) is 7.19. The van der Waals surface area contributed by atoms with Crippen LogP contribution < -0.4 is 0 Å². The highest BCUT2D eigenvalue weighted by atomic mass is 79.9. The second kappa shape index (κ2) is 5.91. The molecule has 0 aliphatic carbocycles. The quantitative estimate of drug-likeness (QED) is 0.621. The Hall–Kier alpha value is -0.830. The van der Waals surface area contributed by atoms with Crippen LogP contribution in [0.4, 0.5) is 0 Å². The summed E-state index contributed by atoms with van der Waals surface area (Å²) in [5.41, 5.74) is 3.08. The maximum Gasteiger partial charge on any atom is 0.337 e. The second-order valence-electron chi connectivity index (χ2n) is 3.43. The molecule has 15 heavy (non-hydrogen) atoms. The van der Waals surface area contributed by atoms with Crippen LogP contribution in [0.25, 0.3) is 0 Å². The molecule has 0 bridgehead atoms. The summed E-state index contributed by atoms with van der Waals surface area (Å²) >= 11 is 3.40. The molecule has 0 fully saturated rings. The number of alkyl halides is 1. The predicted octanol–water partition coefficient (Wildman–Crippen LogP) is 3.11. The number of esters is 1. The number of halogens is 1. The van der Waals surface area contributed by atoms with E-state index in [1.54, 1.807) is 6.07 Å². The smallest absolute Gasteiger partial charge is 0.337 e. The van der Waals surface area contributed by atoms with Crippen LogP contribution >= 0.6 is 15.9 Å². The molecule has 0 unspecified atom stereocenters. The standard InChI is InChI=1S/C12H15BrO2/c1-9-5-6-11(12(14)15-2)8-10(9)4-3-7-13/h5-6,8H,3-4,7H2,1-2H3. The molecule has 0 aliphatic rings. The van der Waals surface area contributed by atoms with E-state index in [4.69, 9.17) is 0 Å². The highest BCUT2D eigenvalue weighted by Gasteiger charge is 2.07. The molecule has 0 N–H and O–H groups in total. The summed E-state index contributed by atoms with van der Waals surface area (Å²) in [5.74, 6) is -0.268. The largest absolute Gasteiger partial charge is 0.465 e. The zero-order valence-electron chi connectivity index (χ0n) is 9.05. The zero-order valence-corrected chi connectivity index (χ0v) is 10.6. The fourth-order valence-electron chi connectivity index (χ4n) is 1.44. The van der Waals surface area contributed by atoms with Crippen LogP contribution in [0.1, 0.15) is 27.9 Å². The molecule has 3 heteroatoms. The van der Waals surface area contributed by atoms with E-state index in [0.717, 1.165) is 18.2 Å². The number of methoxy groups -OCH3 is 1. The van der Waals surface area contributed by atoms with Crippen LogP contribution in [0.3, 0.4) is 0 Å². The van der Waals surface area contributed by atoms with Crippen LogP contribution in [0, 0.1) is 6.92 Å². The lowest BCUT2D eigenvalue weighted by Gasteiger charge is -2.07. The Labute approximate surface area is 98.8 Å². The maximum atomic E-state index is 11.3. The summed E-state index contributed by atoms with van der Waals surface area (Å²) in [5, 5.41) is 0.981. The normalized spacial score (nSPS) is 10.1. The summed E-state index contributed by atoms with van der Waals surface area (Å²) in [6.45, 7) is 2.06. The Bertz CT molecular complexity index is 347. The van der Waals surface area contributed by atoms with Gasteiger partial charge in [0.25, 0.3) is 0 Å². The van der Waals surface area contributed by atoms with Gasteiger partial charge in [0, 0.05) is 5.33 Å². The summed E-state index contributed by atoms with van der Waals surface area (Å²) in [6.07, 6.45) is 2.06. The molecule has 0 heterocycles. The molecule has 2 nitrogen and oxygen atoms in total. The lowest BCUT2D eigenvalue weighted by Crippen LogP contribution is -2.03. The minimum atomic E-state index is -0.268. The van der Waals surface area contributed by atoms with E-state index in [0.29, 0.717) is 5.56 Å². The molecule has 0 aliphatic heterocycles. The first-order valence-corrected chi connectivity index (χ1v) is 6.05. The van der Waals surface area contributed by atoms with E-state index >= 15 is 0 Å². The van der Waals surface area contributed by atoms with E-state index in [1.807, 2.05) is 12.1 Å². The van der Waals surface area contributed by atoms with Gasteiger partial charge in [-0.25, -0.2) is 4.79 Å². The fraction of sp³-hybridized carbons (Fsp3) is 0.417. The van der Waals surface area contributed by atoms with Crippen LogP contribution in [-0.2, 0) is 11.2 Å². The Morgan fingerprint density at radius 1 is 1.47 bits per heavy atom. The Morgan fingerprint density at radius 2 is 2.20 bits per heavy atom. The highest BCUT2D eigenvalue weighted by Crippen LogP contribution is 2.14. The Balaban J connectivity index is 2.89. The number of benzene rings is 1. The molecular formula is C12H15BrO2. The van der Waals surface area contributed by atoms with Gasteiger partial charge in [0.2, 0.25) is 0 Å². The van der Waals surface area contributed by atoms with Gasteiger partial charge in [-0.3, -0.25) is 0 Å². The summed E-state index contributed by atoms with van der Waals surface area (Å²) < 4.78 is 4.69. The van der Waals surface area contributed by atoms with Crippen molar-refractivity contribution in [3.8, 4) is 0 Å². The van der Waals surface area contributed by atoms with Crippen molar-refractivity contribution in [3.63, 3.8) is 0 Å². The summed E-state index contributed by atoms with van der Waals surface area (Å²) in [4.78, 5) is 11.3. The van der Waals surface area contributed by atoms with Gasteiger partial charge in [0.15, 0.2) is 0 Å². The minimum absolute atomic E-state index is 0.268. The molecule has 0 saturated carbocycles. The summed E-state index contributed by atoms with van der Waals surface area (Å²) in [6, 6.07) is 5.69. The predicted molar refractivity (Wildman–Crippen MR) is 64.6 cm³/mol. The lowest BCUT2D eigenvalue weighted by atomic mass is 10.0. The first-order valence-electron chi connectivity index (χ1n) is 4.93. The average Bonchev–Trinajstić information content (AvgIpc) is 2.27.